The first-order valence-electron chi connectivity index (χ1n) is 12.4. The van der Waals surface area contributed by atoms with Crippen LogP contribution >= 0.6 is 0 Å². The maximum atomic E-state index is 12.6. The average molecular weight is 511 g/mol. The highest BCUT2D eigenvalue weighted by Crippen LogP contribution is 2.32. The second kappa shape index (κ2) is 9.07. The molecule has 0 radical (unpaired) electrons. The molecule has 0 spiro atoms. The summed E-state index contributed by atoms with van der Waals surface area (Å²) in [7, 11) is 0. The molecule has 39 heavy (non-hydrogen) atoms. The van der Waals surface area contributed by atoms with E-state index in [1.807, 2.05) is 72.5 Å². The third kappa shape index (κ3) is 4.11. The highest BCUT2D eigenvalue weighted by molar-refractivity contribution is 6.04. The third-order valence-electron chi connectivity index (χ3n) is 6.62. The second-order valence-electron chi connectivity index (χ2n) is 9.29. The zero-order valence-electron chi connectivity index (χ0n) is 20.9. The lowest BCUT2D eigenvalue weighted by atomic mass is 10.1. The molecule has 0 aliphatic heterocycles. The Labute approximate surface area is 222 Å². The van der Waals surface area contributed by atoms with E-state index < -0.39 is 0 Å². The lowest BCUT2D eigenvalue weighted by Gasteiger charge is -2.07. The van der Waals surface area contributed by atoms with Gasteiger partial charge in [0.05, 0.1) is 46.5 Å². The minimum Gasteiger partial charge on any atom is -0.353 e. The maximum absolute atomic E-state index is 12.6. The molecule has 2 aromatic carbocycles. The highest BCUT2D eigenvalue weighted by atomic mass is 16.1. The summed E-state index contributed by atoms with van der Waals surface area (Å²) in [6, 6.07) is 23.0. The predicted octanol–water partition coefficient (Wildman–Crippen LogP) is 5.91. The number of pyridine rings is 2. The van der Waals surface area contributed by atoms with Gasteiger partial charge in [-0.3, -0.25) is 14.9 Å². The molecular formula is C30H22N8O. The number of carbonyl (C=O) groups is 1. The largest absolute Gasteiger partial charge is 0.353 e. The van der Waals surface area contributed by atoms with Gasteiger partial charge in [-0.25, -0.2) is 9.97 Å². The van der Waals surface area contributed by atoms with E-state index in [1.165, 1.54) is 0 Å². The van der Waals surface area contributed by atoms with Gasteiger partial charge in [0.15, 0.2) is 0 Å². The molecule has 1 amide bonds. The van der Waals surface area contributed by atoms with Crippen LogP contribution in [0.5, 0.6) is 0 Å². The zero-order chi connectivity index (χ0) is 26.3. The minimum atomic E-state index is -0.195. The van der Waals surface area contributed by atoms with Crippen molar-refractivity contribution in [3.8, 4) is 28.3 Å². The number of hydrogen-bond donors (Lipinski definition) is 3. The van der Waals surface area contributed by atoms with Crippen LogP contribution in [0.1, 0.15) is 16.1 Å². The first-order chi connectivity index (χ1) is 19.1. The second-order valence-corrected chi connectivity index (χ2v) is 9.29. The fourth-order valence-corrected chi connectivity index (χ4v) is 4.73. The summed E-state index contributed by atoms with van der Waals surface area (Å²) in [6.07, 6.45) is 7.17. The van der Waals surface area contributed by atoms with Gasteiger partial charge in [-0.05, 0) is 55.5 Å². The number of benzene rings is 2. The van der Waals surface area contributed by atoms with Gasteiger partial charge in [0.25, 0.3) is 5.91 Å². The van der Waals surface area contributed by atoms with Gasteiger partial charge in [0.2, 0.25) is 0 Å². The third-order valence-corrected chi connectivity index (χ3v) is 6.62. The summed E-state index contributed by atoms with van der Waals surface area (Å²) in [6.45, 7) is 1.97. The number of H-pyrrole nitrogens is 2. The van der Waals surface area contributed by atoms with Gasteiger partial charge in [-0.15, -0.1) is 0 Å². The van der Waals surface area contributed by atoms with Crippen molar-refractivity contribution in [3.63, 3.8) is 0 Å². The van der Waals surface area contributed by atoms with Gasteiger partial charge in [-0.2, -0.15) is 5.10 Å². The number of amides is 1. The van der Waals surface area contributed by atoms with Crippen molar-refractivity contribution in [1.82, 2.24) is 34.7 Å². The summed E-state index contributed by atoms with van der Waals surface area (Å²) in [5, 5.41) is 11.6. The van der Waals surface area contributed by atoms with Gasteiger partial charge in [0, 0.05) is 34.4 Å². The molecule has 9 nitrogen and oxygen atoms in total. The monoisotopic (exact) mass is 510 g/mol. The van der Waals surface area contributed by atoms with Crippen LogP contribution in [0.25, 0.3) is 50.3 Å². The first kappa shape index (κ1) is 22.6. The first-order valence-corrected chi connectivity index (χ1v) is 12.4. The van der Waals surface area contributed by atoms with E-state index in [-0.39, 0.29) is 5.91 Å². The lowest BCUT2D eigenvalue weighted by Crippen LogP contribution is -2.11. The van der Waals surface area contributed by atoms with Gasteiger partial charge in [0.1, 0.15) is 11.2 Å². The topological polar surface area (TPSA) is 117 Å². The van der Waals surface area contributed by atoms with Crippen LogP contribution < -0.4 is 5.32 Å². The molecule has 0 aliphatic rings. The quantitative estimate of drug-likeness (QED) is 0.266. The number of nitrogens with zero attached hydrogens (tertiary/aromatic N) is 5. The minimum absolute atomic E-state index is 0.195. The predicted molar refractivity (Wildman–Crippen MR) is 151 cm³/mol. The molecule has 0 unspecified atom stereocenters. The molecule has 0 aliphatic carbocycles. The Morgan fingerprint density at radius 3 is 2.69 bits per heavy atom. The van der Waals surface area contributed by atoms with Crippen molar-refractivity contribution in [1.29, 1.82) is 0 Å². The Bertz CT molecular complexity index is 1980. The zero-order valence-corrected chi connectivity index (χ0v) is 20.9. The molecule has 3 N–H and O–H groups in total. The molecule has 0 bridgehead atoms. The summed E-state index contributed by atoms with van der Waals surface area (Å²) in [4.78, 5) is 29.8. The fraction of sp³-hybridized carbons (Fsp3) is 0.0333. The van der Waals surface area contributed by atoms with Crippen molar-refractivity contribution < 1.29 is 4.79 Å². The van der Waals surface area contributed by atoms with Crippen molar-refractivity contribution in [2.45, 2.75) is 6.92 Å². The van der Waals surface area contributed by atoms with Crippen LogP contribution in [0.3, 0.4) is 0 Å². The number of imidazole rings is 1. The Morgan fingerprint density at radius 2 is 1.85 bits per heavy atom. The van der Waals surface area contributed by atoms with Crippen LogP contribution in [0.4, 0.5) is 5.69 Å². The van der Waals surface area contributed by atoms with Crippen molar-refractivity contribution in [2.75, 3.05) is 5.32 Å². The van der Waals surface area contributed by atoms with E-state index in [2.05, 4.69) is 42.6 Å². The summed E-state index contributed by atoms with van der Waals surface area (Å²) in [5.41, 5.74) is 8.78. The van der Waals surface area contributed by atoms with Crippen molar-refractivity contribution in [2.24, 2.45) is 0 Å². The molecule has 0 saturated carbocycles. The normalized spacial score (nSPS) is 11.3. The summed E-state index contributed by atoms with van der Waals surface area (Å²) in [5.74, 6) is -0.195. The van der Waals surface area contributed by atoms with Gasteiger partial charge in [-0.1, -0.05) is 24.3 Å². The van der Waals surface area contributed by atoms with Crippen molar-refractivity contribution >= 4 is 33.5 Å². The molecular weight excluding hydrogens is 488 g/mol. The molecule has 7 rings (SSSR count). The number of anilines is 1. The SMILES string of the molecule is Cc1cn(-c2cccc3[nH]c(-c4n[nH]c5ccc(-c6cncc(NC(=O)c7ccccc7)c6)nc45)cc23)cn1. The summed E-state index contributed by atoms with van der Waals surface area (Å²) >= 11 is 0. The number of fused-ring (bicyclic) bond motifs is 2. The Morgan fingerprint density at radius 1 is 0.949 bits per heavy atom. The number of aryl methyl sites for hydroxylation is 1. The molecule has 0 atom stereocenters. The summed E-state index contributed by atoms with van der Waals surface area (Å²) < 4.78 is 2.02. The molecule has 188 valence electrons. The van der Waals surface area contributed by atoms with E-state index in [1.54, 1.807) is 24.5 Å². The Kier molecular flexibility index (Phi) is 5.26. The molecule has 0 fully saturated rings. The number of aromatic nitrogens is 7. The molecule has 7 aromatic rings. The van der Waals surface area contributed by atoms with Crippen LogP contribution in [0, 0.1) is 6.92 Å². The fourth-order valence-electron chi connectivity index (χ4n) is 4.73. The van der Waals surface area contributed by atoms with Crippen LogP contribution in [-0.4, -0.2) is 40.6 Å². The van der Waals surface area contributed by atoms with E-state index in [0.29, 0.717) is 11.3 Å². The van der Waals surface area contributed by atoms with Gasteiger partial charge < -0.3 is 14.9 Å². The highest BCUT2D eigenvalue weighted by Gasteiger charge is 2.16. The number of rotatable bonds is 5. The molecule has 5 heterocycles. The Balaban J connectivity index is 1.25. The number of nitrogens with one attached hydrogen (secondary N) is 3. The molecule has 5 aromatic heterocycles. The Hall–Kier alpha value is -5.57. The standard InChI is InChI=1S/C30H22N8O/c1-18-16-38(17-32-18)27-9-5-8-24-22(27)13-26(34-24)29-28-25(36-37-29)11-10-23(35-28)20-12-21(15-31-14-20)33-30(39)19-6-3-2-4-7-19/h2-17,34H,1H3,(H,33,39)(H,36,37). The average Bonchev–Trinajstić information content (AvgIpc) is 3.71. The van der Waals surface area contributed by atoms with E-state index >= 15 is 0 Å². The molecule has 9 heteroatoms. The molecule has 0 saturated heterocycles. The van der Waals surface area contributed by atoms with Crippen LogP contribution in [0.15, 0.2) is 97.7 Å². The lowest BCUT2D eigenvalue weighted by molar-refractivity contribution is 0.102. The van der Waals surface area contributed by atoms with E-state index in [0.717, 1.165) is 56.0 Å². The van der Waals surface area contributed by atoms with Crippen LogP contribution in [0.2, 0.25) is 0 Å². The number of carbonyl (C=O) groups excluding carboxylic acids is 1. The van der Waals surface area contributed by atoms with Crippen molar-refractivity contribution in [3.05, 3.63) is 109 Å². The maximum Gasteiger partial charge on any atom is 0.255 e. The smallest absolute Gasteiger partial charge is 0.255 e. The van der Waals surface area contributed by atoms with E-state index in [4.69, 9.17) is 4.98 Å². The van der Waals surface area contributed by atoms with E-state index in [9.17, 15) is 4.79 Å². The van der Waals surface area contributed by atoms with Gasteiger partial charge >= 0.3 is 0 Å². The number of hydrogen-bond acceptors (Lipinski definition) is 5. The van der Waals surface area contributed by atoms with Crippen LogP contribution in [-0.2, 0) is 0 Å². The number of aromatic amines is 2.